The SMILES string of the molecule is CC1=CC[C@@H]2[C@@H](C1)c1c(O)cc(C[C@@H]3C[C@H]4CC[C@]3(C)C4(C)C)cc1OC2(C)C. The van der Waals surface area contributed by atoms with Crippen molar-refractivity contribution in [2.45, 2.75) is 91.6 Å². The molecule has 4 aliphatic rings. The predicted molar refractivity (Wildman–Crippen MR) is 118 cm³/mol. The van der Waals surface area contributed by atoms with Crippen molar-refractivity contribution in [2.24, 2.45) is 28.6 Å². The standard InChI is InChI=1S/C27H38O2/c1-16-7-8-21-20(11-16)24-22(28)13-17(14-23(24)29-26(21,4)5)12-19-15-18-9-10-27(19,6)25(18,2)3/h7,13-14,18-21,28H,8-12,15H2,1-6H3/t18-,19-,20-,21-,27+/m1/s1. The maximum Gasteiger partial charge on any atom is 0.127 e. The summed E-state index contributed by atoms with van der Waals surface area (Å²) in [6, 6.07) is 4.33. The molecule has 3 aliphatic carbocycles. The number of phenols is 1. The third-order valence-electron chi connectivity index (χ3n) is 10.0. The number of ether oxygens (including phenoxy) is 1. The number of benzene rings is 1. The Kier molecular flexibility index (Phi) is 4.07. The zero-order valence-electron chi connectivity index (χ0n) is 19.1. The largest absolute Gasteiger partial charge is 0.508 e. The maximum absolute atomic E-state index is 11.1. The lowest BCUT2D eigenvalue weighted by molar-refractivity contribution is 0.00746. The highest BCUT2D eigenvalue weighted by molar-refractivity contribution is 5.53. The van der Waals surface area contributed by atoms with Gasteiger partial charge in [0.25, 0.3) is 0 Å². The average Bonchev–Trinajstić information content (AvgIpc) is 2.94. The molecule has 5 rings (SSSR count). The van der Waals surface area contributed by atoms with Gasteiger partial charge in [0.05, 0.1) is 0 Å². The fraction of sp³-hybridized carbons (Fsp3) is 0.704. The zero-order valence-corrected chi connectivity index (χ0v) is 19.1. The van der Waals surface area contributed by atoms with Crippen LogP contribution in [0.15, 0.2) is 23.8 Å². The Morgan fingerprint density at radius 3 is 2.55 bits per heavy atom. The van der Waals surface area contributed by atoms with Gasteiger partial charge < -0.3 is 9.84 Å². The Morgan fingerprint density at radius 2 is 1.90 bits per heavy atom. The molecule has 158 valence electrons. The molecule has 2 bridgehead atoms. The monoisotopic (exact) mass is 394 g/mol. The Balaban J connectivity index is 1.49. The Labute approximate surface area is 176 Å². The molecule has 0 amide bonds. The Morgan fingerprint density at radius 1 is 1.14 bits per heavy atom. The van der Waals surface area contributed by atoms with E-state index in [0.717, 1.165) is 36.5 Å². The summed E-state index contributed by atoms with van der Waals surface area (Å²) in [6.45, 7) is 14.2. The van der Waals surface area contributed by atoms with E-state index in [1.54, 1.807) is 0 Å². The van der Waals surface area contributed by atoms with Gasteiger partial charge in [-0.05, 0) is 99.7 Å². The van der Waals surface area contributed by atoms with Crippen LogP contribution in [-0.4, -0.2) is 10.7 Å². The number of aromatic hydroxyl groups is 1. The van der Waals surface area contributed by atoms with E-state index in [2.05, 4.69) is 59.8 Å². The van der Waals surface area contributed by atoms with Gasteiger partial charge in [-0.15, -0.1) is 0 Å². The third kappa shape index (κ3) is 2.66. The maximum atomic E-state index is 11.1. The van der Waals surface area contributed by atoms with Crippen molar-refractivity contribution >= 4 is 0 Å². The normalized spacial score (nSPS) is 38.8. The molecule has 2 heteroatoms. The number of allylic oxidation sites excluding steroid dienone is 2. The molecule has 0 aromatic heterocycles. The first-order valence-electron chi connectivity index (χ1n) is 11.7. The summed E-state index contributed by atoms with van der Waals surface area (Å²) in [5.41, 5.74) is 4.42. The van der Waals surface area contributed by atoms with Crippen LogP contribution in [0, 0.1) is 28.6 Å². The molecule has 29 heavy (non-hydrogen) atoms. The number of phenolic OH excluding ortho intramolecular Hbond substituents is 1. The highest BCUT2D eigenvalue weighted by Crippen LogP contribution is 2.68. The number of hydrogen-bond acceptors (Lipinski definition) is 2. The van der Waals surface area contributed by atoms with Gasteiger partial charge in [0.15, 0.2) is 0 Å². The van der Waals surface area contributed by atoms with Crippen LogP contribution in [0.1, 0.15) is 90.7 Å². The lowest BCUT2D eigenvalue weighted by Gasteiger charge is -2.47. The van der Waals surface area contributed by atoms with E-state index >= 15 is 0 Å². The highest BCUT2D eigenvalue weighted by Gasteiger charge is 2.60. The second kappa shape index (κ2) is 6.05. The minimum absolute atomic E-state index is 0.194. The molecule has 2 nitrogen and oxygen atoms in total. The van der Waals surface area contributed by atoms with Crippen LogP contribution < -0.4 is 4.74 Å². The molecule has 1 aromatic carbocycles. The molecule has 1 N–H and O–H groups in total. The van der Waals surface area contributed by atoms with E-state index in [0.29, 0.717) is 34.3 Å². The fourth-order valence-electron chi connectivity index (χ4n) is 7.70. The molecule has 2 saturated carbocycles. The molecule has 1 aliphatic heterocycles. The van der Waals surface area contributed by atoms with Gasteiger partial charge in [-0.25, -0.2) is 0 Å². The quantitative estimate of drug-likeness (QED) is 0.547. The van der Waals surface area contributed by atoms with Crippen molar-refractivity contribution in [3.8, 4) is 11.5 Å². The number of fused-ring (bicyclic) bond motifs is 5. The molecule has 0 unspecified atom stereocenters. The first-order valence-corrected chi connectivity index (χ1v) is 11.7. The van der Waals surface area contributed by atoms with Gasteiger partial charge in [-0.2, -0.15) is 0 Å². The summed E-state index contributed by atoms with van der Waals surface area (Å²) < 4.78 is 6.55. The molecule has 0 spiro atoms. The van der Waals surface area contributed by atoms with Gasteiger partial charge in [0.1, 0.15) is 17.1 Å². The number of rotatable bonds is 2. The van der Waals surface area contributed by atoms with E-state index in [9.17, 15) is 5.11 Å². The molecule has 1 aromatic rings. The van der Waals surface area contributed by atoms with Crippen LogP contribution in [0.2, 0.25) is 0 Å². The topological polar surface area (TPSA) is 29.5 Å². The van der Waals surface area contributed by atoms with Crippen molar-refractivity contribution in [1.29, 1.82) is 0 Å². The van der Waals surface area contributed by atoms with Crippen molar-refractivity contribution in [3.63, 3.8) is 0 Å². The average molecular weight is 395 g/mol. The predicted octanol–water partition coefficient (Wildman–Crippen LogP) is 7.01. The molecular weight excluding hydrogens is 356 g/mol. The van der Waals surface area contributed by atoms with E-state index in [1.165, 1.54) is 30.4 Å². The summed E-state index contributed by atoms with van der Waals surface area (Å²) in [7, 11) is 0. The van der Waals surface area contributed by atoms with Crippen LogP contribution in [-0.2, 0) is 6.42 Å². The summed E-state index contributed by atoms with van der Waals surface area (Å²) >= 11 is 0. The van der Waals surface area contributed by atoms with Gasteiger partial charge in [-0.1, -0.05) is 32.4 Å². The van der Waals surface area contributed by atoms with E-state index < -0.39 is 0 Å². The Hall–Kier alpha value is -1.44. The van der Waals surface area contributed by atoms with Crippen molar-refractivity contribution in [1.82, 2.24) is 0 Å². The van der Waals surface area contributed by atoms with Crippen LogP contribution in [0.5, 0.6) is 11.5 Å². The molecule has 5 atom stereocenters. The van der Waals surface area contributed by atoms with E-state index in [1.807, 2.05) is 0 Å². The Bertz CT molecular complexity index is 877. The summed E-state index contributed by atoms with van der Waals surface area (Å²) in [5, 5.41) is 11.1. The fourth-order valence-corrected chi connectivity index (χ4v) is 7.70. The van der Waals surface area contributed by atoms with Crippen molar-refractivity contribution < 1.29 is 9.84 Å². The second-order valence-corrected chi connectivity index (χ2v) is 11.9. The first-order chi connectivity index (χ1) is 13.5. The minimum atomic E-state index is -0.194. The van der Waals surface area contributed by atoms with Crippen LogP contribution in [0.25, 0.3) is 0 Å². The van der Waals surface area contributed by atoms with Gasteiger partial charge in [-0.3, -0.25) is 0 Å². The molecular formula is C27H38O2. The summed E-state index contributed by atoms with van der Waals surface area (Å²) in [5.74, 6) is 3.76. The lowest BCUT2D eigenvalue weighted by atomic mass is 9.65. The smallest absolute Gasteiger partial charge is 0.127 e. The molecule has 0 radical (unpaired) electrons. The third-order valence-corrected chi connectivity index (χ3v) is 10.0. The highest BCUT2D eigenvalue weighted by atomic mass is 16.5. The van der Waals surface area contributed by atoms with Crippen LogP contribution >= 0.6 is 0 Å². The van der Waals surface area contributed by atoms with Gasteiger partial charge >= 0.3 is 0 Å². The zero-order chi connectivity index (χ0) is 20.8. The van der Waals surface area contributed by atoms with Crippen LogP contribution in [0.4, 0.5) is 0 Å². The number of hydrogen-bond donors (Lipinski definition) is 1. The van der Waals surface area contributed by atoms with Crippen molar-refractivity contribution in [3.05, 3.63) is 34.9 Å². The summed E-state index contributed by atoms with van der Waals surface area (Å²) in [6.07, 6.45) is 9.58. The van der Waals surface area contributed by atoms with Gasteiger partial charge in [0.2, 0.25) is 0 Å². The lowest BCUT2D eigenvalue weighted by Crippen LogP contribution is -2.45. The molecule has 2 fully saturated rings. The van der Waals surface area contributed by atoms with Gasteiger partial charge in [0, 0.05) is 17.4 Å². The molecule has 1 heterocycles. The second-order valence-electron chi connectivity index (χ2n) is 11.9. The van der Waals surface area contributed by atoms with E-state index in [4.69, 9.17) is 4.74 Å². The first kappa shape index (κ1) is 19.5. The van der Waals surface area contributed by atoms with Crippen LogP contribution in [0.3, 0.4) is 0 Å². The summed E-state index contributed by atoms with van der Waals surface area (Å²) in [4.78, 5) is 0. The van der Waals surface area contributed by atoms with E-state index in [-0.39, 0.29) is 5.60 Å². The molecule has 0 saturated heterocycles. The minimum Gasteiger partial charge on any atom is -0.508 e. The van der Waals surface area contributed by atoms with Crippen molar-refractivity contribution in [2.75, 3.05) is 0 Å².